The number of benzene rings is 1. The number of rotatable bonds is 7. The molecule has 1 aromatic rings. The Bertz CT molecular complexity index is 450. The molecule has 0 heterocycles. The smallest absolute Gasteiger partial charge is 0.288 e. The van der Waals surface area contributed by atoms with Gasteiger partial charge in [-0.25, -0.2) is 0 Å². The van der Waals surface area contributed by atoms with Crippen molar-refractivity contribution in [2.75, 3.05) is 13.2 Å². The van der Waals surface area contributed by atoms with Gasteiger partial charge in [0.2, 0.25) is 0 Å². The van der Waals surface area contributed by atoms with Crippen molar-refractivity contribution in [1.82, 2.24) is 5.32 Å². The monoisotopic (exact) mass is 286 g/mol. The Hall–Kier alpha value is -1.33. The Morgan fingerprint density at radius 3 is 2.74 bits per heavy atom. The normalized spacial score (nSPS) is 10.8. The Labute approximate surface area is 118 Å². The fraction of sp³-hybridized carbons (Fsp3) is 0.538. The molecule has 0 saturated carbocycles. The molecule has 19 heavy (non-hydrogen) atoms. The number of ether oxygens (including phenoxy) is 1. The first-order chi connectivity index (χ1) is 8.91. The summed E-state index contributed by atoms with van der Waals surface area (Å²) in [6.07, 6.45) is 0.867. The largest absolute Gasteiger partial charge is 0.493 e. The summed E-state index contributed by atoms with van der Waals surface area (Å²) in [5.41, 5.74) is 0.626. The molecule has 0 bridgehead atoms. The average molecular weight is 287 g/mol. The Balaban J connectivity index is 2.55. The van der Waals surface area contributed by atoms with Gasteiger partial charge in [-0.15, -0.1) is 0 Å². The van der Waals surface area contributed by atoms with Gasteiger partial charge in [0.1, 0.15) is 10.8 Å². The zero-order chi connectivity index (χ0) is 14.4. The summed E-state index contributed by atoms with van der Waals surface area (Å²) in [6, 6.07) is 3.39. The van der Waals surface area contributed by atoms with Crippen LogP contribution in [0.15, 0.2) is 12.1 Å². The lowest BCUT2D eigenvalue weighted by Gasteiger charge is -2.11. The van der Waals surface area contributed by atoms with Crippen molar-refractivity contribution in [3.63, 3.8) is 0 Å². The summed E-state index contributed by atoms with van der Waals surface area (Å²) in [4.78, 5) is 10.2. The third-order valence-corrected chi connectivity index (χ3v) is 2.88. The SMILES string of the molecule is Cc1cc([N+](=O)[O-])c(Cl)cc1OCCCNC(C)C. The molecule has 1 rings (SSSR count). The number of nitro benzene ring substituents is 1. The van der Waals surface area contributed by atoms with E-state index < -0.39 is 4.92 Å². The van der Waals surface area contributed by atoms with Crippen LogP contribution in [0.2, 0.25) is 5.02 Å². The standard InChI is InChI=1S/C13H19ClN2O3/c1-9(2)15-5-4-6-19-13-8-11(14)12(16(17)18)7-10(13)3/h7-9,15H,4-6H2,1-3H3. The van der Waals surface area contributed by atoms with Crippen molar-refractivity contribution in [3.8, 4) is 5.75 Å². The first-order valence-electron chi connectivity index (χ1n) is 6.22. The van der Waals surface area contributed by atoms with Crippen LogP contribution >= 0.6 is 11.6 Å². The van der Waals surface area contributed by atoms with Gasteiger partial charge >= 0.3 is 0 Å². The minimum absolute atomic E-state index is 0.0898. The van der Waals surface area contributed by atoms with E-state index in [1.807, 2.05) is 0 Å². The van der Waals surface area contributed by atoms with Crippen LogP contribution in [0.4, 0.5) is 5.69 Å². The fourth-order valence-electron chi connectivity index (χ4n) is 1.59. The number of halogens is 1. The average Bonchev–Trinajstić information content (AvgIpc) is 2.31. The number of hydrogen-bond donors (Lipinski definition) is 1. The van der Waals surface area contributed by atoms with Crippen LogP contribution in [0, 0.1) is 17.0 Å². The molecule has 0 aromatic heterocycles. The quantitative estimate of drug-likeness (QED) is 0.474. The molecule has 0 aliphatic rings. The van der Waals surface area contributed by atoms with Gasteiger partial charge in [0, 0.05) is 18.2 Å². The Kier molecular flexibility index (Phi) is 6.05. The summed E-state index contributed by atoms with van der Waals surface area (Å²) >= 11 is 5.84. The topological polar surface area (TPSA) is 64.4 Å². The van der Waals surface area contributed by atoms with E-state index in [1.54, 1.807) is 6.92 Å². The molecular weight excluding hydrogens is 268 g/mol. The van der Waals surface area contributed by atoms with E-state index >= 15 is 0 Å². The molecule has 6 heteroatoms. The highest BCUT2D eigenvalue weighted by Gasteiger charge is 2.15. The number of nitrogens with zero attached hydrogens (tertiary/aromatic N) is 1. The van der Waals surface area contributed by atoms with Gasteiger partial charge in [0.15, 0.2) is 0 Å². The van der Waals surface area contributed by atoms with E-state index in [0.29, 0.717) is 24.0 Å². The van der Waals surface area contributed by atoms with Gasteiger partial charge in [0.05, 0.1) is 11.5 Å². The summed E-state index contributed by atoms with van der Waals surface area (Å²) in [7, 11) is 0. The summed E-state index contributed by atoms with van der Waals surface area (Å²) in [5.74, 6) is 0.597. The van der Waals surface area contributed by atoms with Crippen molar-refractivity contribution in [1.29, 1.82) is 0 Å². The number of nitro groups is 1. The second-order valence-electron chi connectivity index (χ2n) is 4.64. The molecule has 1 aromatic carbocycles. The van der Waals surface area contributed by atoms with E-state index in [-0.39, 0.29) is 10.7 Å². The highest BCUT2D eigenvalue weighted by molar-refractivity contribution is 6.32. The van der Waals surface area contributed by atoms with Gasteiger partial charge in [-0.05, 0) is 25.5 Å². The van der Waals surface area contributed by atoms with Crippen LogP contribution in [0.5, 0.6) is 5.75 Å². The second-order valence-corrected chi connectivity index (χ2v) is 5.04. The molecule has 0 fully saturated rings. The predicted molar refractivity (Wildman–Crippen MR) is 76.1 cm³/mol. The summed E-state index contributed by atoms with van der Waals surface area (Å²) < 4.78 is 5.59. The van der Waals surface area contributed by atoms with Crippen molar-refractivity contribution in [3.05, 3.63) is 32.8 Å². The molecule has 5 nitrogen and oxygen atoms in total. The van der Waals surface area contributed by atoms with Crippen LogP contribution in [0.3, 0.4) is 0 Å². The molecule has 0 aliphatic heterocycles. The number of hydrogen-bond acceptors (Lipinski definition) is 4. The molecular formula is C13H19ClN2O3. The molecule has 0 saturated heterocycles. The molecule has 0 amide bonds. The summed E-state index contributed by atoms with van der Waals surface area (Å²) in [6.45, 7) is 7.36. The van der Waals surface area contributed by atoms with Gasteiger partial charge in [-0.1, -0.05) is 25.4 Å². The van der Waals surface area contributed by atoms with Crippen LogP contribution < -0.4 is 10.1 Å². The predicted octanol–water partition coefficient (Wildman–Crippen LogP) is 3.32. The molecule has 0 atom stereocenters. The first-order valence-corrected chi connectivity index (χ1v) is 6.60. The third kappa shape index (κ3) is 5.04. The van der Waals surface area contributed by atoms with Crippen molar-refractivity contribution in [2.45, 2.75) is 33.2 Å². The van der Waals surface area contributed by atoms with Crippen LogP contribution in [0.25, 0.3) is 0 Å². The lowest BCUT2D eigenvalue weighted by atomic mass is 10.2. The molecule has 106 valence electrons. The fourth-order valence-corrected chi connectivity index (χ4v) is 1.81. The first kappa shape index (κ1) is 15.7. The Morgan fingerprint density at radius 1 is 1.47 bits per heavy atom. The summed E-state index contributed by atoms with van der Waals surface area (Å²) in [5, 5.41) is 14.1. The van der Waals surface area contributed by atoms with Gasteiger partial charge in [-0.2, -0.15) is 0 Å². The van der Waals surface area contributed by atoms with Crippen molar-refractivity contribution < 1.29 is 9.66 Å². The van der Waals surface area contributed by atoms with Gasteiger partial charge < -0.3 is 10.1 Å². The zero-order valence-corrected chi connectivity index (χ0v) is 12.2. The lowest BCUT2D eigenvalue weighted by molar-refractivity contribution is -0.384. The minimum Gasteiger partial charge on any atom is -0.493 e. The van der Waals surface area contributed by atoms with Crippen molar-refractivity contribution in [2.24, 2.45) is 0 Å². The van der Waals surface area contributed by atoms with Crippen LogP contribution in [-0.2, 0) is 0 Å². The van der Waals surface area contributed by atoms with Crippen LogP contribution in [-0.4, -0.2) is 24.1 Å². The zero-order valence-electron chi connectivity index (χ0n) is 11.4. The molecule has 0 unspecified atom stereocenters. The molecule has 0 spiro atoms. The number of aryl methyl sites for hydroxylation is 1. The highest BCUT2D eigenvalue weighted by Crippen LogP contribution is 2.31. The highest BCUT2D eigenvalue weighted by atomic mass is 35.5. The lowest BCUT2D eigenvalue weighted by Crippen LogP contribution is -2.24. The number of nitrogens with one attached hydrogen (secondary N) is 1. The van der Waals surface area contributed by atoms with E-state index in [2.05, 4.69) is 19.2 Å². The van der Waals surface area contributed by atoms with E-state index in [1.165, 1.54) is 12.1 Å². The van der Waals surface area contributed by atoms with Gasteiger partial charge in [0.25, 0.3) is 5.69 Å². The third-order valence-electron chi connectivity index (χ3n) is 2.57. The van der Waals surface area contributed by atoms with Gasteiger partial charge in [-0.3, -0.25) is 10.1 Å². The molecule has 1 N–H and O–H groups in total. The maximum absolute atomic E-state index is 10.7. The maximum atomic E-state index is 10.7. The maximum Gasteiger partial charge on any atom is 0.288 e. The van der Waals surface area contributed by atoms with E-state index in [0.717, 1.165) is 13.0 Å². The minimum atomic E-state index is -0.494. The Morgan fingerprint density at radius 2 is 2.16 bits per heavy atom. The second kappa shape index (κ2) is 7.31. The van der Waals surface area contributed by atoms with Crippen molar-refractivity contribution >= 4 is 17.3 Å². The van der Waals surface area contributed by atoms with E-state index in [9.17, 15) is 10.1 Å². The van der Waals surface area contributed by atoms with E-state index in [4.69, 9.17) is 16.3 Å². The molecule has 0 radical (unpaired) electrons. The van der Waals surface area contributed by atoms with Crippen LogP contribution in [0.1, 0.15) is 25.8 Å². The molecule has 0 aliphatic carbocycles.